The van der Waals surface area contributed by atoms with E-state index in [1.54, 1.807) is 23.5 Å². The number of carbonyl (C=O) groups is 1. The Bertz CT molecular complexity index is 1210. The SMILES string of the molecule is COc1ccc(CCNC(=O)CCn2cnc3sc4c(c3c2=O)CCCC4)cc1OC(F)F. The summed E-state index contributed by atoms with van der Waals surface area (Å²) in [4.78, 5) is 31.7. The number of nitrogens with zero attached hydrogens (tertiary/aromatic N) is 2. The molecule has 33 heavy (non-hydrogen) atoms. The van der Waals surface area contributed by atoms with Gasteiger partial charge >= 0.3 is 6.61 Å². The molecule has 2 heterocycles. The number of halogens is 2. The van der Waals surface area contributed by atoms with Crippen LogP contribution in [0.2, 0.25) is 0 Å². The van der Waals surface area contributed by atoms with E-state index >= 15 is 0 Å². The van der Waals surface area contributed by atoms with Crippen LogP contribution in [0.5, 0.6) is 11.5 Å². The van der Waals surface area contributed by atoms with E-state index in [1.807, 2.05) is 0 Å². The molecule has 0 bridgehead atoms. The number of hydrogen-bond donors (Lipinski definition) is 1. The highest BCUT2D eigenvalue weighted by Crippen LogP contribution is 2.33. The number of ether oxygens (including phenoxy) is 2. The molecule has 0 aliphatic heterocycles. The van der Waals surface area contributed by atoms with Crippen LogP contribution in [0.3, 0.4) is 0 Å². The van der Waals surface area contributed by atoms with Crippen molar-refractivity contribution in [3.63, 3.8) is 0 Å². The third-order valence-corrected chi connectivity index (χ3v) is 6.90. The lowest BCUT2D eigenvalue weighted by molar-refractivity contribution is -0.121. The summed E-state index contributed by atoms with van der Waals surface area (Å²) in [7, 11) is 1.37. The van der Waals surface area contributed by atoms with Crippen LogP contribution in [0.4, 0.5) is 8.78 Å². The number of amides is 1. The lowest BCUT2D eigenvalue weighted by Crippen LogP contribution is -2.29. The molecule has 1 aromatic carbocycles. The number of rotatable bonds is 9. The highest BCUT2D eigenvalue weighted by Gasteiger charge is 2.20. The fourth-order valence-corrected chi connectivity index (χ4v) is 5.28. The molecule has 0 saturated heterocycles. The molecule has 0 fully saturated rings. The topological polar surface area (TPSA) is 82.5 Å². The van der Waals surface area contributed by atoms with Crippen LogP contribution in [0.25, 0.3) is 10.2 Å². The van der Waals surface area contributed by atoms with Crippen molar-refractivity contribution in [1.29, 1.82) is 0 Å². The zero-order valence-corrected chi connectivity index (χ0v) is 19.1. The third kappa shape index (κ3) is 5.32. The Kier molecular flexibility index (Phi) is 7.22. The molecule has 3 aromatic rings. The highest BCUT2D eigenvalue weighted by molar-refractivity contribution is 7.18. The van der Waals surface area contributed by atoms with Gasteiger partial charge in [0.15, 0.2) is 11.5 Å². The summed E-state index contributed by atoms with van der Waals surface area (Å²) in [5.41, 5.74) is 1.77. The van der Waals surface area contributed by atoms with Gasteiger partial charge in [0, 0.05) is 24.4 Å². The van der Waals surface area contributed by atoms with Crippen molar-refractivity contribution in [3.05, 3.63) is 50.9 Å². The number of methoxy groups -OCH3 is 1. The Labute approximate surface area is 193 Å². The van der Waals surface area contributed by atoms with Gasteiger partial charge in [0.25, 0.3) is 5.56 Å². The molecule has 10 heteroatoms. The average Bonchev–Trinajstić information content (AvgIpc) is 3.18. The molecule has 2 aromatic heterocycles. The van der Waals surface area contributed by atoms with Crippen molar-refractivity contribution in [2.24, 2.45) is 0 Å². The van der Waals surface area contributed by atoms with Gasteiger partial charge < -0.3 is 14.8 Å². The quantitative estimate of drug-likeness (QED) is 0.508. The number of alkyl halides is 2. The van der Waals surface area contributed by atoms with Crippen LogP contribution < -0.4 is 20.3 Å². The summed E-state index contributed by atoms with van der Waals surface area (Å²) >= 11 is 1.60. The second-order valence-corrected chi connectivity index (χ2v) is 8.93. The monoisotopic (exact) mass is 477 g/mol. The molecule has 7 nitrogen and oxygen atoms in total. The second kappa shape index (κ2) is 10.3. The van der Waals surface area contributed by atoms with Crippen LogP contribution in [0, 0.1) is 0 Å². The van der Waals surface area contributed by atoms with E-state index in [0.717, 1.165) is 41.6 Å². The molecule has 0 spiro atoms. The predicted octanol–water partition coefficient (Wildman–Crippen LogP) is 3.70. The van der Waals surface area contributed by atoms with E-state index in [9.17, 15) is 18.4 Å². The molecule has 0 unspecified atom stereocenters. The standard InChI is InChI=1S/C23H25F2N3O4S/c1-31-16-7-6-14(12-17(16)32-23(24)25)8-10-26-19(29)9-11-28-13-27-21-20(22(28)30)15-4-2-3-5-18(15)33-21/h6-7,12-13,23H,2-5,8-11H2,1H3,(H,26,29). The first kappa shape index (κ1) is 23.2. The number of fused-ring (bicyclic) bond motifs is 3. The van der Waals surface area contributed by atoms with Crippen molar-refractivity contribution in [3.8, 4) is 11.5 Å². The Morgan fingerprint density at radius 2 is 2.09 bits per heavy atom. The fourth-order valence-electron chi connectivity index (χ4n) is 4.06. The summed E-state index contributed by atoms with van der Waals surface area (Å²) in [5.74, 6) is -0.0351. The van der Waals surface area contributed by atoms with E-state index in [4.69, 9.17) is 4.74 Å². The van der Waals surface area contributed by atoms with Crippen LogP contribution in [0.1, 0.15) is 35.3 Å². The van der Waals surface area contributed by atoms with E-state index in [2.05, 4.69) is 15.0 Å². The van der Waals surface area contributed by atoms with Gasteiger partial charge in [-0.25, -0.2) is 4.98 Å². The molecule has 1 aliphatic rings. The molecular weight excluding hydrogens is 452 g/mol. The zero-order chi connectivity index (χ0) is 23.4. The summed E-state index contributed by atoms with van der Waals surface area (Å²) in [6.07, 6.45) is 6.23. The summed E-state index contributed by atoms with van der Waals surface area (Å²) in [6.45, 7) is -2.39. The summed E-state index contributed by atoms with van der Waals surface area (Å²) in [5, 5.41) is 3.51. The average molecular weight is 478 g/mol. The van der Waals surface area contributed by atoms with E-state index in [-0.39, 0.29) is 35.9 Å². The van der Waals surface area contributed by atoms with Gasteiger partial charge in [-0.2, -0.15) is 8.78 Å². The molecule has 4 rings (SSSR count). The van der Waals surface area contributed by atoms with Gasteiger partial charge in [0.2, 0.25) is 5.91 Å². The van der Waals surface area contributed by atoms with Gasteiger partial charge in [-0.15, -0.1) is 11.3 Å². The molecule has 0 saturated carbocycles. The number of nitrogens with one attached hydrogen (secondary N) is 1. The van der Waals surface area contributed by atoms with E-state index in [0.29, 0.717) is 18.4 Å². The Balaban J connectivity index is 1.32. The third-order valence-electron chi connectivity index (χ3n) is 5.70. The van der Waals surface area contributed by atoms with E-state index in [1.165, 1.54) is 28.9 Å². The maximum Gasteiger partial charge on any atom is 0.387 e. The first-order valence-electron chi connectivity index (χ1n) is 10.8. The smallest absolute Gasteiger partial charge is 0.387 e. The first-order valence-corrected chi connectivity index (χ1v) is 11.7. The minimum atomic E-state index is -2.95. The minimum absolute atomic E-state index is 0.0470. The zero-order valence-electron chi connectivity index (χ0n) is 18.2. The predicted molar refractivity (Wildman–Crippen MR) is 121 cm³/mol. The minimum Gasteiger partial charge on any atom is -0.493 e. The molecule has 1 aliphatic carbocycles. The van der Waals surface area contributed by atoms with Crippen LogP contribution in [-0.2, 0) is 30.6 Å². The Hall–Kier alpha value is -3.01. The number of thiophene rings is 1. The summed E-state index contributed by atoms with van der Waals surface area (Å²) < 4.78 is 36.1. The lowest BCUT2D eigenvalue weighted by Gasteiger charge is -2.12. The van der Waals surface area contributed by atoms with Crippen molar-refractivity contribution in [2.75, 3.05) is 13.7 Å². The molecule has 1 amide bonds. The number of aryl methyl sites for hydroxylation is 3. The fraction of sp³-hybridized carbons (Fsp3) is 0.435. The van der Waals surface area contributed by atoms with Gasteiger partial charge in [0.05, 0.1) is 18.8 Å². The number of aromatic nitrogens is 2. The van der Waals surface area contributed by atoms with Crippen LogP contribution in [0.15, 0.2) is 29.3 Å². The maximum absolute atomic E-state index is 13.0. The summed E-state index contributed by atoms with van der Waals surface area (Å²) in [6, 6.07) is 4.75. The van der Waals surface area contributed by atoms with Crippen molar-refractivity contribution in [1.82, 2.24) is 14.9 Å². The number of hydrogen-bond acceptors (Lipinski definition) is 6. The van der Waals surface area contributed by atoms with Crippen LogP contribution >= 0.6 is 11.3 Å². The molecule has 1 N–H and O–H groups in total. The maximum atomic E-state index is 13.0. The van der Waals surface area contributed by atoms with E-state index < -0.39 is 6.61 Å². The van der Waals surface area contributed by atoms with Crippen molar-refractivity contribution in [2.45, 2.75) is 51.7 Å². The van der Waals surface area contributed by atoms with Gasteiger partial charge in [-0.3, -0.25) is 14.2 Å². The number of benzene rings is 1. The first-order chi connectivity index (χ1) is 16.0. The van der Waals surface area contributed by atoms with Crippen molar-refractivity contribution >= 4 is 27.5 Å². The van der Waals surface area contributed by atoms with Crippen molar-refractivity contribution < 1.29 is 23.0 Å². The largest absolute Gasteiger partial charge is 0.493 e. The van der Waals surface area contributed by atoms with Crippen LogP contribution in [-0.4, -0.2) is 35.7 Å². The lowest BCUT2D eigenvalue weighted by atomic mass is 9.97. The van der Waals surface area contributed by atoms with Gasteiger partial charge in [0.1, 0.15) is 4.83 Å². The highest BCUT2D eigenvalue weighted by atomic mass is 32.1. The number of carbonyl (C=O) groups excluding carboxylic acids is 1. The molecule has 176 valence electrons. The van der Waals surface area contributed by atoms with Gasteiger partial charge in [-0.1, -0.05) is 6.07 Å². The normalized spacial score (nSPS) is 13.2. The molecule has 0 atom stereocenters. The molecule has 0 radical (unpaired) electrons. The molecular formula is C23H25F2N3O4S. The Morgan fingerprint density at radius 3 is 2.88 bits per heavy atom. The van der Waals surface area contributed by atoms with Gasteiger partial charge in [-0.05, 0) is 55.4 Å². The Morgan fingerprint density at radius 1 is 1.27 bits per heavy atom. The second-order valence-electron chi connectivity index (χ2n) is 7.85.